The molecule has 0 fully saturated rings. The number of Topliss-reactive ketones (excluding diaryl/α,β-unsaturated/α-hetero) is 1. The zero-order chi connectivity index (χ0) is 13.3. The van der Waals surface area contributed by atoms with Crippen LogP contribution in [0.2, 0.25) is 0 Å². The number of pyridine rings is 1. The molecule has 0 radical (unpaired) electrons. The SMILES string of the molecule is CCC(=O)c1c(C(C)C)nc(C)c2c1CCCC2. The van der Waals surface area contributed by atoms with Gasteiger partial charge in [-0.1, -0.05) is 20.8 Å². The van der Waals surface area contributed by atoms with Crippen LogP contribution in [0, 0.1) is 6.92 Å². The first-order valence-electron chi connectivity index (χ1n) is 7.11. The molecular weight excluding hydrogens is 222 g/mol. The third-order valence-electron chi connectivity index (χ3n) is 3.90. The molecule has 1 heterocycles. The zero-order valence-corrected chi connectivity index (χ0v) is 12.0. The maximum atomic E-state index is 12.3. The summed E-state index contributed by atoms with van der Waals surface area (Å²) in [7, 11) is 0. The van der Waals surface area contributed by atoms with Gasteiger partial charge in [0, 0.05) is 17.7 Å². The van der Waals surface area contributed by atoms with Crippen molar-refractivity contribution in [1.29, 1.82) is 0 Å². The molecule has 0 atom stereocenters. The minimum absolute atomic E-state index is 0.268. The van der Waals surface area contributed by atoms with Crippen molar-refractivity contribution in [3.8, 4) is 0 Å². The van der Waals surface area contributed by atoms with Gasteiger partial charge < -0.3 is 0 Å². The summed E-state index contributed by atoms with van der Waals surface area (Å²) in [4.78, 5) is 17.0. The number of aromatic nitrogens is 1. The summed E-state index contributed by atoms with van der Waals surface area (Å²) in [6.07, 6.45) is 5.17. The van der Waals surface area contributed by atoms with Crippen molar-refractivity contribution in [3.63, 3.8) is 0 Å². The van der Waals surface area contributed by atoms with Crippen LogP contribution in [0.3, 0.4) is 0 Å². The summed E-state index contributed by atoms with van der Waals surface area (Å²) in [6, 6.07) is 0. The van der Waals surface area contributed by atoms with Crippen molar-refractivity contribution in [2.75, 3.05) is 0 Å². The van der Waals surface area contributed by atoms with Crippen LogP contribution in [-0.4, -0.2) is 10.8 Å². The third-order valence-corrected chi connectivity index (χ3v) is 3.90. The number of nitrogens with zero attached hydrogens (tertiary/aromatic N) is 1. The molecule has 2 rings (SSSR count). The molecule has 0 aliphatic heterocycles. The first-order chi connectivity index (χ1) is 8.56. The first kappa shape index (κ1) is 13.3. The van der Waals surface area contributed by atoms with E-state index >= 15 is 0 Å². The van der Waals surface area contributed by atoms with E-state index in [2.05, 4.69) is 20.8 Å². The van der Waals surface area contributed by atoms with E-state index < -0.39 is 0 Å². The highest BCUT2D eigenvalue weighted by Crippen LogP contribution is 2.31. The minimum atomic E-state index is 0.268. The first-order valence-corrected chi connectivity index (χ1v) is 7.11. The molecule has 0 bridgehead atoms. The number of fused-ring (bicyclic) bond motifs is 1. The van der Waals surface area contributed by atoms with Crippen LogP contribution in [-0.2, 0) is 12.8 Å². The number of hydrogen-bond acceptors (Lipinski definition) is 2. The number of rotatable bonds is 3. The van der Waals surface area contributed by atoms with Gasteiger partial charge in [-0.2, -0.15) is 0 Å². The van der Waals surface area contributed by atoms with Crippen LogP contribution in [0.4, 0.5) is 0 Å². The highest BCUT2D eigenvalue weighted by Gasteiger charge is 2.24. The van der Waals surface area contributed by atoms with Gasteiger partial charge in [-0.05, 0) is 49.7 Å². The second-order valence-corrected chi connectivity index (χ2v) is 5.55. The van der Waals surface area contributed by atoms with E-state index in [4.69, 9.17) is 4.98 Å². The molecule has 1 aliphatic rings. The quantitative estimate of drug-likeness (QED) is 0.754. The van der Waals surface area contributed by atoms with Crippen LogP contribution in [0.25, 0.3) is 0 Å². The molecule has 0 saturated heterocycles. The smallest absolute Gasteiger partial charge is 0.164 e. The fourth-order valence-electron chi connectivity index (χ4n) is 2.94. The average Bonchev–Trinajstić information content (AvgIpc) is 2.37. The highest BCUT2D eigenvalue weighted by molar-refractivity contribution is 5.99. The molecule has 0 aromatic carbocycles. The maximum Gasteiger partial charge on any atom is 0.164 e. The number of carbonyl (C=O) groups is 1. The monoisotopic (exact) mass is 245 g/mol. The van der Waals surface area contributed by atoms with E-state index in [0.717, 1.165) is 29.8 Å². The third kappa shape index (κ3) is 2.21. The Balaban J connectivity index is 2.68. The maximum absolute atomic E-state index is 12.3. The van der Waals surface area contributed by atoms with Crippen LogP contribution in [0.1, 0.15) is 78.8 Å². The number of carbonyl (C=O) groups excluding carboxylic acids is 1. The van der Waals surface area contributed by atoms with E-state index in [0.29, 0.717) is 12.3 Å². The summed E-state index contributed by atoms with van der Waals surface area (Å²) in [5.41, 5.74) is 5.76. The van der Waals surface area contributed by atoms with Crippen LogP contribution < -0.4 is 0 Å². The average molecular weight is 245 g/mol. The second kappa shape index (κ2) is 5.21. The molecule has 1 aromatic rings. The van der Waals surface area contributed by atoms with E-state index in [1.165, 1.54) is 24.0 Å². The molecular formula is C16H23NO. The Morgan fingerprint density at radius 3 is 2.39 bits per heavy atom. The zero-order valence-electron chi connectivity index (χ0n) is 12.0. The Hall–Kier alpha value is -1.18. The topological polar surface area (TPSA) is 30.0 Å². The summed E-state index contributed by atoms with van der Waals surface area (Å²) < 4.78 is 0. The van der Waals surface area contributed by atoms with Gasteiger partial charge in [0.25, 0.3) is 0 Å². The highest BCUT2D eigenvalue weighted by atomic mass is 16.1. The van der Waals surface area contributed by atoms with Crippen molar-refractivity contribution in [2.45, 2.75) is 65.7 Å². The predicted molar refractivity (Wildman–Crippen MR) is 74.3 cm³/mol. The molecule has 18 heavy (non-hydrogen) atoms. The molecule has 1 aromatic heterocycles. The summed E-state index contributed by atoms with van der Waals surface area (Å²) in [6.45, 7) is 8.30. The molecule has 0 unspecified atom stereocenters. The summed E-state index contributed by atoms with van der Waals surface area (Å²) >= 11 is 0. The lowest BCUT2D eigenvalue weighted by atomic mass is 9.83. The van der Waals surface area contributed by atoms with E-state index in [1.807, 2.05) is 6.92 Å². The number of hydrogen-bond donors (Lipinski definition) is 0. The minimum Gasteiger partial charge on any atom is -0.294 e. The van der Waals surface area contributed by atoms with Crippen molar-refractivity contribution < 1.29 is 4.79 Å². The Labute approximate surface area is 110 Å². The van der Waals surface area contributed by atoms with Gasteiger partial charge in [-0.3, -0.25) is 9.78 Å². The lowest BCUT2D eigenvalue weighted by molar-refractivity contribution is 0.0985. The van der Waals surface area contributed by atoms with Gasteiger partial charge in [-0.25, -0.2) is 0 Å². The van der Waals surface area contributed by atoms with Crippen molar-refractivity contribution in [3.05, 3.63) is 28.1 Å². The van der Waals surface area contributed by atoms with Gasteiger partial charge in [0.1, 0.15) is 0 Å². The van der Waals surface area contributed by atoms with Crippen molar-refractivity contribution in [1.82, 2.24) is 4.98 Å². The van der Waals surface area contributed by atoms with Crippen LogP contribution in [0.15, 0.2) is 0 Å². The fraction of sp³-hybridized carbons (Fsp3) is 0.625. The van der Waals surface area contributed by atoms with E-state index in [-0.39, 0.29) is 5.78 Å². The molecule has 2 heteroatoms. The lowest BCUT2D eigenvalue weighted by Crippen LogP contribution is -2.18. The summed E-state index contributed by atoms with van der Waals surface area (Å²) in [5.74, 6) is 0.589. The molecule has 0 N–H and O–H groups in total. The molecule has 1 aliphatic carbocycles. The molecule has 98 valence electrons. The molecule has 2 nitrogen and oxygen atoms in total. The Morgan fingerprint density at radius 1 is 1.22 bits per heavy atom. The second-order valence-electron chi connectivity index (χ2n) is 5.55. The van der Waals surface area contributed by atoms with Crippen molar-refractivity contribution in [2.24, 2.45) is 0 Å². The standard InChI is InChI=1S/C16H23NO/c1-5-14(18)15-13-9-7-6-8-12(13)11(4)17-16(15)10(2)3/h10H,5-9H2,1-4H3. The Bertz CT molecular complexity index is 474. The fourth-order valence-corrected chi connectivity index (χ4v) is 2.94. The predicted octanol–water partition coefficient (Wildman–Crippen LogP) is 3.98. The molecule has 0 saturated carbocycles. The Morgan fingerprint density at radius 2 is 1.83 bits per heavy atom. The van der Waals surface area contributed by atoms with E-state index in [1.54, 1.807) is 0 Å². The molecule has 0 amide bonds. The number of aryl methyl sites for hydroxylation is 1. The van der Waals surface area contributed by atoms with Crippen LogP contribution >= 0.6 is 0 Å². The largest absolute Gasteiger partial charge is 0.294 e. The van der Waals surface area contributed by atoms with Crippen molar-refractivity contribution >= 4 is 5.78 Å². The number of ketones is 1. The van der Waals surface area contributed by atoms with Gasteiger partial charge in [0.15, 0.2) is 5.78 Å². The molecule has 0 spiro atoms. The Kier molecular flexibility index (Phi) is 3.84. The van der Waals surface area contributed by atoms with Gasteiger partial charge in [0.2, 0.25) is 0 Å². The summed E-state index contributed by atoms with van der Waals surface area (Å²) in [5, 5.41) is 0. The normalized spacial score (nSPS) is 14.7. The van der Waals surface area contributed by atoms with Gasteiger partial charge in [-0.15, -0.1) is 0 Å². The van der Waals surface area contributed by atoms with Crippen LogP contribution in [0.5, 0.6) is 0 Å². The van der Waals surface area contributed by atoms with Gasteiger partial charge in [0.05, 0.1) is 5.69 Å². The van der Waals surface area contributed by atoms with E-state index in [9.17, 15) is 4.79 Å². The lowest BCUT2D eigenvalue weighted by Gasteiger charge is -2.24. The van der Waals surface area contributed by atoms with Gasteiger partial charge >= 0.3 is 0 Å².